The van der Waals surface area contributed by atoms with Gasteiger partial charge in [0.2, 0.25) is 5.69 Å². The van der Waals surface area contributed by atoms with E-state index in [9.17, 15) is 18.3 Å². The highest BCUT2D eigenvalue weighted by Gasteiger charge is 2.56. The highest BCUT2D eigenvalue weighted by Crippen LogP contribution is 2.47. The number of ether oxygens (including phenoxy) is 1. The molecular formula is C27H31F3N2O2. The number of aryl methyl sites for hydroxylation is 1. The van der Waals surface area contributed by atoms with E-state index in [0.717, 1.165) is 5.56 Å². The number of methoxy groups -OCH3 is 1. The fraction of sp³-hybridized carbons (Fsp3) is 0.444. The molecule has 1 heterocycles. The van der Waals surface area contributed by atoms with Crippen molar-refractivity contribution in [3.63, 3.8) is 0 Å². The summed E-state index contributed by atoms with van der Waals surface area (Å²) in [5, 5.41) is 11.8. The van der Waals surface area contributed by atoms with Crippen LogP contribution in [0, 0.1) is 6.57 Å². The molecule has 1 N–H and O–H groups in total. The normalized spacial score (nSPS) is 14.3. The molecule has 0 amide bonds. The molecule has 7 heteroatoms. The third-order valence-electron chi connectivity index (χ3n) is 6.65. The van der Waals surface area contributed by atoms with Crippen molar-refractivity contribution in [2.75, 3.05) is 7.11 Å². The predicted molar refractivity (Wildman–Crippen MR) is 129 cm³/mol. The molecule has 4 nitrogen and oxygen atoms in total. The van der Waals surface area contributed by atoms with E-state index in [-0.39, 0.29) is 17.3 Å². The van der Waals surface area contributed by atoms with Crippen LogP contribution in [0.5, 0.6) is 5.75 Å². The topological polar surface area (TPSA) is 38.8 Å². The number of para-hydroxylation sites is 1. The van der Waals surface area contributed by atoms with Crippen molar-refractivity contribution in [2.45, 2.75) is 63.6 Å². The molecule has 182 valence electrons. The van der Waals surface area contributed by atoms with Gasteiger partial charge >= 0.3 is 6.18 Å². The lowest BCUT2D eigenvalue weighted by Crippen LogP contribution is -2.51. The van der Waals surface area contributed by atoms with Gasteiger partial charge in [0.05, 0.1) is 13.7 Å². The van der Waals surface area contributed by atoms with Crippen molar-refractivity contribution >= 4 is 16.6 Å². The molecule has 0 spiro atoms. The zero-order valence-corrected chi connectivity index (χ0v) is 20.4. The fourth-order valence-corrected chi connectivity index (χ4v) is 4.73. The van der Waals surface area contributed by atoms with Crippen LogP contribution >= 0.6 is 0 Å². The van der Waals surface area contributed by atoms with Gasteiger partial charge in [-0.15, -0.1) is 0 Å². The Morgan fingerprint density at radius 2 is 1.76 bits per heavy atom. The summed E-state index contributed by atoms with van der Waals surface area (Å²) < 4.78 is 50.5. The van der Waals surface area contributed by atoms with Crippen molar-refractivity contribution in [3.8, 4) is 5.75 Å². The van der Waals surface area contributed by atoms with Gasteiger partial charge in [-0.3, -0.25) is 0 Å². The Kier molecular flexibility index (Phi) is 6.78. The minimum atomic E-state index is -4.91. The highest BCUT2D eigenvalue weighted by atomic mass is 19.4. The van der Waals surface area contributed by atoms with Crippen LogP contribution in [0.1, 0.15) is 56.9 Å². The first kappa shape index (κ1) is 25.6. The monoisotopic (exact) mass is 472 g/mol. The van der Waals surface area contributed by atoms with Crippen molar-refractivity contribution < 1.29 is 23.0 Å². The maximum Gasteiger partial charge on any atom is 0.417 e. The Balaban J connectivity index is 2.12. The lowest BCUT2D eigenvalue weighted by molar-refractivity contribution is -0.266. The van der Waals surface area contributed by atoms with Gasteiger partial charge in [0.15, 0.2) is 5.60 Å². The van der Waals surface area contributed by atoms with Crippen LogP contribution in [0.2, 0.25) is 0 Å². The van der Waals surface area contributed by atoms with Crippen molar-refractivity contribution in [1.82, 2.24) is 4.57 Å². The molecule has 3 aromatic rings. The van der Waals surface area contributed by atoms with Crippen LogP contribution < -0.4 is 4.74 Å². The van der Waals surface area contributed by atoms with Crippen LogP contribution in [0.3, 0.4) is 0 Å². The molecule has 34 heavy (non-hydrogen) atoms. The van der Waals surface area contributed by atoms with Crippen molar-refractivity contribution in [2.24, 2.45) is 7.05 Å². The van der Waals surface area contributed by atoms with E-state index in [1.54, 1.807) is 55.8 Å². The van der Waals surface area contributed by atoms with Crippen LogP contribution in [0.15, 0.2) is 42.5 Å². The molecule has 2 aromatic carbocycles. The Hall–Kier alpha value is -2.98. The molecule has 1 unspecified atom stereocenters. The molecule has 0 aliphatic rings. The Morgan fingerprint density at radius 1 is 1.12 bits per heavy atom. The van der Waals surface area contributed by atoms with E-state index in [2.05, 4.69) is 4.85 Å². The van der Waals surface area contributed by atoms with Gasteiger partial charge in [0.25, 0.3) is 0 Å². The maximum absolute atomic E-state index is 14.5. The minimum absolute atomic E-state index is 0.137. The van der Waals surface area contributed by atoms with Gasteiger partial charge in [0.1, 0.15) is 5.75 Å². The second kappa shape index (κ2) is 8.99. The van der Waals surface area contributed by atoms with Gasteiger partial charge in [-0.2, -0.15) is 13.2 Å². The van der Waals surface area contributed by atoms with Gasteiger partial charge in [0, 0.05) is 35.6 Å². The number of aromatic nitrogens is 1. The number of benzene rings is 2. The highest BCUT2D eigenvalue weighted by molar-refractivity contribution is 5.95. The number of halogens is 3. The molecule has 0 fully saturated rings. The zero-order valence-electron chi connectivity index (χ0n) is 20.4. The lowest BCUT2D eigenvalue weighted by atomic mass is 9.72. The SMILES string of the molecule is [C-]#[N+]c1c(CC(O)(CC(C)(C)c2cc(C(C)C)ccc2OC)C(F)(F)F)n(C)c2ccccc12. The van der Waals surface area contributed by atoms with Crippen molar-refractivity contribution in [1.29, 1.82) is 0 Å². The third kappa shape index (κ3) is 4.52. The van der Waals surface area contributed by atoms with Gasteiger partial charge in [-0.05, 0) is 35.4 Å². The summed E-state index contributed by atoms with van der Waals surface area (Å²) in [5.41, 5.74) is -1.61. The average Bonchev–Trinajstić information content (AvgIpc) is 3.03. The van der Waals surface area contributed by atoms with E-state index in [4.69, 9.17) is 11.3 Å². The zero-order chi connectivity index (χ0) is 25.5. The predicted octanol–water partition coefficient (Wildman–Crippen LogP) is 7.06. The second-order valence-electron chi connectivity index (χ2n) is 9.86. The number of fused-ring (bicyclic) bond motifs is 1. The van der Waals surface area contributed by atoms with Gasteiger partial charge in [-0.25, -0.2) is 4.85 Å². The van der Waals surface area contributed by atoms with Crippen LogP contribution in [0.4, 0.5) is 18.9 Å². The molecule has 0 aliphatic carbocycles. The first-order valence-corrected chi connectivity index (χ1v) is 11.2. The quantitative estimate of drug-likeness (QED) is 0.374. The Labute approximate surface area is 198 Å². The Bertz CT molecular complexity index is 1240. The van der Waals surface area contributed by atoms with Crippen LogP contribution in [0.25, 0.3) is 15.7 Å². The maximum atomic E-state index is 14.5. The number of rotatable bonds is 7. The summed E-state index contributed by atoms with van der Waals surface area (Å²) in [6.45, 7) is 15.0. The van der Waals surface area contributed by atoms with E-state index < -0.39 is 30.0 Å². The standard InChI is InChI=1S/C27H31F3N2O2/c1-17(2)18-12-13-23(34-7)20(14-18)25(3,4)16-26(33,27(28,29)30)15-22-24(31-5)19-10-8-9-11-21(19)32(22)6/h8-14,17,33H,15-16H2,1-4,6-7H3. The average molecular weight is 473 g/mol. The fourth-order valence-electron chi connectivity index (χ4n) is 4.73. The Morgan fingerprint density at radius 3 is 2.32 bits per heavy atom. The summed E-state index contributed by atoms with van der Waals surface area (Å²) in [6.07, 6.45) is -6.24. The summed E-state index contributed by atoms with van der Waals surface area (Å²) in [5.74, 6) is 0.657. The van der Waals surface area contributed by atoms with Gasteiger partial charge < -0.3 is 14.4 Å². The summed E-state index contributed by atoms with van der Waals surface area (Å²) in [7, 11) is 3.11. The number of hydrogen-bond acceptors (Lipinski definition) is 2. The molecule has 0 saturated heterocycles. The number of aliphatic hydroxyl groups is 1. The first-order valence-electron chi connectivity index (χ1n) is 11.2. The summed E-state index contributed by atoms with van der Waals surface area (Å²) >= 11 is 0. The largest absolute Gasteiger partial charge is 0.496 e. The van der Waals surface area contributed by atoms with E-state index in [1.165, 1.54) is 7.11 Å². The molecule has 0 radical (unpaired) electrons. The molecule has 0 saturated carbocycles. The van der Waals surface area contributed by atoms with Crippen molar-refractivity contribution in [3.05, 3.63) is 70.7 Å². The van der Waals surface area contributed by atoms with Crippen LogP contribution in [-0.4, -0.2) is 28.6 Å². The molecule has 1 aromatic heterocycles. The number of hydrogen-bond donors (Lipinski definition) is 1. The molecule has 3 rings (SSSR count). The number of alkyl halides is 3. The molecule has 1 atom stereocenters. The smallest absolute Gasteiger partial charge is 0.417 e. The van der Waals surface area contributed by atoms with E-state index in [1.807, 2.05) is 26.0 Å². The summed E-state index contributed by atoms with van der Waals surface area (Å²) in [6, 6.07) is 12.5. The second-order valence-corrected chi connectivity index (χ2v) is 9.86. The summed E-state index contributed by atoms with van der Waals surface area (Å²) in [4.78, 5) is 3.53. The minimum Gasteiger partial charge on any atom is -0.496 e. The lowest BCUT2D eigenvalue weighted by Gasteiger charge is -2.39. The van der Waals surface area contributed by atoms with Crippen LogP contribution in [-0.2, 0) is 18.9 Å². The van der Waals surface area contributed by atoms with E-state index >= 15 is 0 Å². The van der Waals surface area contributed by atoms with Gasteiger partial charge in [-0.1, -0.05) is 58.0 Å². The molecular weight excluding hydrogens is 441 g/mol. The number of nitrogens with zero attached hydrogens (tertiary/aromatic N) is 2. The molecule has 0 aliphatic heterocycles. The molecule has 0 bridgehead atoms. The first-order chi connectivity index (χ1) is 15.8. The van der Waals surface area contributed by atoms with E-state index in [0.29, 0.717) is 22.2 Å². The third-order valence-corrected chi connectivity index (χ3v) is 6.65.